The minimum Gasteiger partial charge on any atom is -0.872 e. The Morgan fingerprint density at radius 2 is 1.78 bits per heavy atom. The number of alkyl halides is 1. The Kier molecular flexibility index (Phi) is 2.33. The molecule has 0 amide bonds. The Morgan fingerprint density at radius 3 is 2.22 bits per heavy atom. The van der Waals surface area contributed by atoms with Crippen molar-refractivity contribution in [2.75, 3.05) is 0 Å². The predicted octanol–water partition coefficient (Wildman–Crippen LogP) is 1.70. The summed E-state index contributed by atoms with van der Waals surface area (Å²) in [5.41, 5.74) is 1.20. The summed E-state index contributed by atoms with van der Waals surface area (Å²) in [4.78, 5) is 0. The molecule has 0 aliphatic heterocycles. The zero-order valence-electron chi connectivity index (χ0n) is 4.80. The molecule has 0 atom stereocenters. The number of halogens is 1. The quantitative estimate of drug-likeness (QED) is 0.534. The van der Waals surface area contributed by atoms with Gasteiger partial charge in [-0.2, -0.15) is 0 Å². The predicted molar refractivity (Wildman–Crippen MR) is 43.6 cm³/mol. The van der Waals surface area contributed by atoms with Gasteiger partial charge in [-0.25, -0.2) is 0 Å². The molecule has 0 spiro atoms. The summed E-state index contributed by atoms with van der Waals surface area (Å²) in [5, 5.41) is 10.5. The minimum absolute atomic E-state index is 0.0867. The third-order valence-corrected chi connectivity index (χ3v) is 1.96. The van der Waals surface area contributed by atoms with Crippen LogP contribution in [0.15, 0.2) is 24.3 Å². The maximum absolute atomic E-state index is 10.5. The van der Waals surface area contributed by atoms with Gasteiger partial charge in [0, 0.05) is 4.43 Å². The number of rotatable bonds is 1. The molecule has 0 saturated carbocycles. The summed E-state index contributed by atoms with van der Waals surface area (Å²) in [5.74, 6) is 0.0867. The van der Waals surface area contributed by atoms with Crippen molar-refractivity contribution in [3.8, 4) is 5.75 Å². The Bertz CT molecular complexity index is 181. The van der Waals surface area contributed by atoms with Gasteiger partial charge in [-0.05, 0) is 5.56 Å². The van der Waals surface area contributed by atoms with Gasteiger partial charge in [-0.1, -0.05) is 46.9 Å². The van der Waals surface area contributed by atoms with Crippen LogP contribution in [0.3, 0.4) is 0 Å². The third-order valence-electron chi connectivity index (χ3n) is 1.08. The first-order chi connectivity index (χ1) is 4.33. The molecular formula is C7H6IO-. The standard InChI is InChI=1S/C7H7IO/c8-5-6-1-3-7(9)4-2-6/h1-4,9H,5H2/p-1. The van der Waals surface area contributed by atoms with E-state index in [1.54, 1.807) is 12.1 Å². The van der Waals surface area contributed by atoms with Crippen molar-refractivity contribution >= 4 is 22.6 Å². The highest BCUT2D eigenvalue weighted by Crippen LogP contribution is 2.09. The second-order valence-electron chi connectivity index (χ2n) is 1.78. The van der Waals surface area contributed by atoms with Crippen LogP contribution in [0.2, 0.25) is 0 Å². The highest BCUT2D eigenvalue weighted by molar-refractivity contribution is 14.1. The monoisotopic (exact) mass is 233 g/mol. The van der Waals surface area contributed by atoms with Crippen LogP contribution in [0.1, 0.15) is 5.56 Å². The average molecular weight is 233 g/mol. The summed E-state index contributed by atoms with van der Waals surface area (Å²) < 4.78 is 0.970. The zero-order chi connectivity index (χ0) is 6.69. The molecule has 0 heterocycles. The smallest absolute Gasteiger partial charge is 0.0247 e. The number of benzene rings is 1. The van der Waals surface area contributed by atoms with E-state index >= 15 is 0 Å². The Morgan fingerprint density at radius 1 is 1.22 bits per heavy atom. The van der Waals surface area contributed by atoms with E-state index < -0.39 is 0 Å². The Balaban J connectivity index is 2.88. The topological polar surface area (TPSA) is 23.1 Å². The van der Waals surface area contributed by atoms with E-state index in [0.717, 1.165) is 4.43 Å². The average Bonchev–Trinajstić information content (AvgIpc) is 1.90. The lowest BCUT2D eigenvalue weighted by Crippen LogP contribution is -1.87. The van der Waals surface area contributed by atoms with E-state index in [-0.39, 0.29) is 5.75 Å². The highest BCUT2D eigenvalue weighted by Gasteiger charge is 1.83. The molecule has 0 unspecified atom stereocenters. The molecule has 0 saturated heterocycles. The van der Waals surface area contributed by atoms with E-state index in [0.29, 0.717) is 0 Å². The van der Waals surface area contributed by atoms with E-state index in [1.165, 1.54) is 5.56 Å². The highest BCUT2D eigenvalue weighted by atomic mass is 127. The second kappa shape index (κ2) is 3.06. The van der Waals surface area contributed by atoms with Crippen LogP contribution >= 0.6 is 22.6 Å². The third kappa shape index (κ3) is 1.86. The van der Waals surface area contributed by atoms with E-state index in [1.807, 2.05) is 12.1 Å². The molecule has 1 aromatic carbocycles. The Hall–Kier alpha value is -0.250. The van der Waals surface area contributed by atoms with Crippen molar-refractivity contribution in [1.82, 2.24) is 0 Å². The molecular weight excluding hydrogens is 227 g/mol. The summed E-state index contributed by atoms with van der Waals surface area (Å²) in [6, 6.07) is 6.89. The second-order valence-corrected chi connectivity index (χ2v) is 2.54. The first-order valence-corrected chi connectivity index (χ1v) is 4.17. The lowest BCUT2D eigenvalue weighted by Gasteiger charge is -2.03. The molecule has 9 heavy (non-hydrogen) atoms. The van der Waals surface area contributed by atoms with Crippen LogP contribution in [0.25, 0.3) is 0 Å². The normalized spacial score (nSPS) is 9.44. The molecule has 1 rings (SSSR count). The lowest BCUT2D eigenvalue weighted by atomic mass is 10.2. The van der Waals surface area contributed by atoms with Gasteiger partial charge in [-0.3, -0.25) is 0 Å². The zero-order valence-corrected chi connectivity index (χ0v) is 6.96. The molecule has 0 aromatic heterocycles. The first-order valence-electron chi connectivity index (χ1n) is 2.65. The summed E-state index contributed by atoms with van der Waals surface area (Å²) in [7, 11) is 0. The van der Waals surface area contributed by atoms with Crippen LogP contribution in [0.5, 0.6) is 5.75 Å². The molecule has 48 valence electrons. The minimum atomic E-state index is 0.0867. The maximum atomic E-state index is 10.5. The molecule has 2 heteroatoms. The van der Waals surface area contributed by atoms with E-state index in [9.17, 15) is 5.11 Å². The van der Waals surface area contributed by atoms with Gasteiger partial charge in [-0.15, -0.1) is 5.75 Å². The van der Waals surface area contributed by atoms with Crippen LogP contribution in [0.4, 0.5) is 0 Å². The fraction of sp³-hybridized carbons (Fsp3) is 0.143. The van der Waals surface area contributed by atoms with Crippen molar-refractivity contribution in [3.05, 3.63) is 29.8 Å². The van der Waals surface area contributed by atoms with Crippen molar-refractivity contribution in [1.29, 1.82) is 0 Å². The molecule has 1 nitrogen and oxygen atoms in total. The van der Waals surface area contributed by atoms with Gasteiger partial charge < -0.3 is 5.11 Å². The lowest BCUT2D eigenvalue weighted by molar-refractivity contribution is -0.268. The number of hydrogen-bond acceptors (Lipinski definition) is 1. The van der Waals surface area contributed by atoms with Gasteiger partial charge in [0.1, 0.15) is 0 Å². The molecule has 0 bridgehead atoms. The first kappa shape index (κ1) is 6.86. The van der Waals surface area contributed by atoms with Gasteiger partial charge >= 0.3 is 0 Å². The van der Waals surface area contributed by atoms with E-state index in [2.05, 4.69) is 22.6 Å². The van der Waals surface area contributed by atoms with Gasteiger partial charge in [0.2, 0.25) is 0 Å². The molecule has 0 fully saturated rings. The fourth-order valence-electron chi connectivity index (χ4n) is 0.579. The maximum Gasteiger partial charge on any atom is 0.0247 e. The van der Waals surface area contributed by atoms with Crippen LogP contribution < -0.4 is 5.11 Å². The van der Waals surface area contributed by atoms with Crippen molar-refractivity contribution in [2.24, 2.45) is 0 Å². The van der Waals surface area contributed by atoms with Gasteiger partial charge in [0.15, 0.2) is 0 Å². The molecule has 0 aliphatic carbocycles. The van der Waals surface area contributed by atoms with Crippen molar-refractivity contribution < 1.29 is 5.11 Å². The van der Waals surface area contributed by atoms with Crippen molar-refractivity contribution in [2.45, 2.75) is 4.43 Å². The summed E-state index contributed by atoms with van der Waals surface area (Å²) >= 11 is 2.26. The molecule has 0 aliphatic rings. The van der Waals surface area contributed by atoms with Crippen molar-refractivity contribution in [3.63, 3.8) is 0 Å². The molecule has 0 radical (unpaired) electrons. The molecule has 1 aromatic rings. The van der Waals surface area contributed by atoms with E-state index in [4.69, 9.17) is 0 Å². The van der Waals surface area contributed by atoms with Gasteiger partial charge in [0.05, 0.1) is 0 Å². The molecule has 0 N–H and O–H groups in total. The fourth-order valence-corrected chi connectivity index (χ4v) is 1.09. The summed E-state index contributed by atoms with van der Waals surface area (Å²) in [6.07, 6.45) is 0. The van der Waals surface area contributed by atoms with Crippen LogP contribution in [-0.4, -0.2) is 0 Å². The Labute approximate surface area is 67.9 Å². The number of hydrogen-bond donors (Lipinski definition) is 0. The largest absolute Gasteiger partial charge is 0.872 e. The van der Waals surface area contributed by atoms with Crippen LogP contribution in [0, 0.1) is 0 Å². The van der Waals surface area contributed by atoms with Crippen LogP contribution in [-0.2, 0) is 4.43 Å². The SMILES string of the molecule is [O-]c1ccc(CI)cc1. The summed E-state index contributed by atoms with van der Waals surface area (Å²) in [6.45, 7) is 0. The van der Waals surface area contributed by atoms with Gasteiger partial charge in [0.25, 0.3) is 0 Å².